The molecule has 0 radical (unpaired) electrons. The highest BCUT2D eigenvalue weighted by Gasteiger charge is 2.15. The van der Waals surface area contributed by atoms with Gasteiger partial charge in [-0.25, -0.2) is 8.42 Å². The van der Waals surface area contributed by atoms with Gasteiger partial charge < -0.3 is 10.5 Å². The molecule has 0 spiro atoms. The number of methoxy groups -OCH3 is 1. The van der Waals surface area contributed by atoms with Crippen molar-refractivity contribution < 1.29 is 13.2 Å². The van der Waals surface area contributed by atoms with E-state index in [2.05, 4.69) is 4.72 Å². The fourth-order valence-electron chi connectivity index (χ4n) is 1.69. The third kappa shape index (κ3) is 4.77. The van der Waals surface area contributed by atoms with Crippen molar-refractivity contribution in [2.45, 2.75) is 13.3 Å². The molecule has 19 heavy (non-hydrogen) atoms. The summed E-state index contributed by atoms with van der Waals surface area (Å²) in [4.78, 5) is 0.174. The highest BCUT2D eigenvalue weighted by Crippen LogP contribution is 2.20. The first-order valence-electron chi connectivity index (χ1n) is 5.76. The minimum Gasteiger partial charge on any atom is -0.389 e. The molecule has 0 atom stereocenters. The number of nitrogens with two attached hydrogens (primary N) is 1. The van der Waals surface area contributed by atoms with Crippen LogP contribution in [0.4, 0.5) is 5.69 Å². The van der Waals surface area contributed by atoms with E-state index in [1.54, 1.807) is 12.1 Å². The van der Waals surface area contributed by atoms with E-state index in [0.29, 0.717) is 24.3 Å². The third-order valence-corrected chi connectivity index (χ3v) is 4.11. The van der Waals surface area contributed by atoms with E-state index >= 15 is 0 Å². The summed E-state index contributed by atoms with van der Waals surface area (Å²) in [5, 5.41) is 0. The van der Waals surface area contributed by atoms with Crippen LogP contribution in [0.5, 0.6) is 0 Å². The van der Waals surface area contributed by atoms with Crippen molar-refractivity contribution in [1.29, 1.82) is 0 Å². The average Bonchev–Trinajstić information content (AvgIpc) is 2.27. The lowest BCUT2D eigenvalue weighted by Gasteiger charge is -2.13. The topological polar surface area (TPSA) is 81.4 Å². The molecule has 1 aromatic rings. The van der Waals surface area contributed by atoms with Gasteiger partial charge >= 0.3 is 0 Å². The number of rotatable bonds is 7. The van der Waals surface area contributed by atoms with E-state index in [0.717, 1.165) is 5.56 Å². The van der Waals surface area contributed by atoms with E-state index in [-0.39, 0.29) is 10.7 Å². The standard InChI is InChI=1S/C12H18N2O3S2/c1-9-5-3-6-10(11(9)12(13)18)14-19(15,16)8-4-7-17-2/h3,5-6,14H,4,7-8H2,1-2H3,(H2,13,18). The maximum atomic E-state index is 11.9. The summed E-state index contributed by atoms with van der Waals surface area (Å²) in [5.41, 5.74) is 7.45. The molecule has 0 aliphatic heterocycles. The molecule has 0 unspecified atom stereocenters. The normalized spacial score (nSPS) is 11.3. The quantitative estimate of drug-likeness (QED) is 0.588. The SMILES string of the molecule is COCCCS(=O)(=O)Nc1cccc(C)c1C(N)=S. The zero-order valence-corrected chi connectivity index (χ0v) is 12.6. The molecule has 0 aromatic heterocycles. The molecule has 0 saturated carbocycles. The molecule has 0 saturated heterocycles. The largest absolute Gasteiger partial charge is 0.389 e. The zero-order valence-electron chi connectivity index (χ0n) is 11.0. The van der Waals surface area contributed by atoms with Gasteiger partial charge in [0.05, 0.1) is 11.4 Å². The Morgan fingerprint density at radius 3 is 2.74 bits per heavy atom. The van der Waals surface area contributed by atoms with Gasteiger partial charge in [0.25, 0.3) is 0 Å². The number of aryl methyl sites for hydroxylation is 1. The Labute approximate surface area is 119 Å². The van der Waals surface area contributed by atoms with Crippen molar-refractivity contribution in [3.63, 3.8) is 0 Å². The van der Waals surface area contributed by atoms with Crippen molar-refractivity contribution in [3.8, 4) is 0 Å². The van der Waals surface area contributed by atoms with Gasteiger partial charge in [-0.3, -0.25) is 4.72 Å². The van der Waals surface area contributed by atoms with E-state index < -0.39 is 10.0 Å². The van der Waals surface area contributed by atoms with Gasteiger partial charge in [0, 0.05) is 19.3 Å². The second-order valence-corrected chi connectivity index (χ2v) is 6.41. The summed E-state index contributed by atoms with van der Waals surface area (Å²) in [7, 11) is -1.89. The first kappa shape index (κ1) is 15.9. The van der Waals surface area contributed by atoms with Gasteiger partial charge in [0.15, 0.2) is 0 Å². The van der Waals surface area contributed by atoms with E-state index in [4.69, 9.17) is 22.7 Å². The van der Waals surface area contributed by atoms with Crippen LogP contribution in [0, 0.1) is 6.92 Å². The van der Waals surface area contributed by atoms with Crippen LogP contribution < -0.4 is 10.5 Å². The van der Waals surface area contributed by atoms with Gasteiger partial charge in [-0.15, -0.1) is 0 Å². The molecule has 0 bridgehead atoms. The Morgan fingerprint density at radius 2 is 2.16 bits per heavy atom. The fourth-order valence-corrected chi connectivity index (χ4v) is 3.07. The molecular weight excluding hydrogens is 284 g/mol. The molecular formula is C12H18N2O3S2. The maximum Gasteiger partial charge on any atom is 0.232 e. The maximum absolute atomic E-state index is 11.9. The molecule has 0 aliphatic carbocycles. The Kier molecular flexibility index (Phi) is 5.71. The number of nitrogens with one attached hydrogen (secondary N) is 1. The minimum atomic E-state index is -3.42. The number of sulfonamides is 1. The van der Waals surface area contributed by atoms with Gasteiger partial charge in [0.2, 0.25) is 10.0 Å². The van der Waals surface area contributed by atoms with Crippen LogP contribution in [-0.4, -0.2) is 32.9 Å². The van der Waals surface area contributed by atoms with E-state index in [1.807, 2.05) is 13.0 Å². The summed E-state index contributed by atoms with van der Waals surface area (Å²) in [6, 6.07) is 5.23. The van der Waals surface area contributed by atoms with Crippen molar-refractivity contribution >= 4 is 32.9 Å². The van der Waals surface area contributed by atoms with Gasteiger partial charge in [-0.05, 0) is 25.0 Å². The zero-order chi connectivity index (χ0) is 14.5. The predicted octanol–water partition coefficient (Wildman–Crippen LogP) is 1.41. The lowest BCUT2D eigenvalue weighted by Crippen LogP contribution is -2.21. The Bertz CT molecular complexity index is 556. The third-order valence-electron chi connectivity index (χ3n) is 2.55. The first-order chi connectivity index (χ1) is 8.87. The molecule has 0 fully saturated rings. The van der Waals surface area contributed by atoms with Gasteiger partial charge in [0.1, 0.15) is 4.99 Å². The lowest BCUT2D eigenvalue weighted by atomic mass is 10.1. The summed E-state index contributed by atoms with van der Waals surface area (Å²) < 4.78 is 31.2. The molecule has 0 amide bonds. The smallest absolute Gasteiger partial charge is 0.232 e. The first-order valence-corrected chi connectivity index (χ1v) is 7.82. The highest BCUT2D eigenvalue weighted by molar-refractivity contribution is 7.92. The van der Waals surface area contributed by atoms with Gasteiger partial charge in [-0.2, -0.15) is 0 Å². The van der Waals surface area contributed by atoms with Gasteiger partial charge in [-0.1, -0.05) is 24.4 Å². The van der Waals surface area contributed by atoms with Crippen molar-refractivity contribution in [2.24, 2.45) is 5.73 Å². The van der Waals surface area contributed by atoms with Crippen molar-refractivity contribution in [2.75, 3.05) is 24.2 Å². The van der Waals surface area contributed by atoms with Crippen LogP contribution in [0.2, 0.25) is 0 Å². The van der Waals surface area contributed by atoms with Crippen LogP contribution in [0.1, 0.15) is 17.5 Å². The van der Waals surface area contributed by atoms with Crippen LogP contribution in [-0.2, 0) is 14.8 Å². The van der Waals surface area contributed by atoms with Crippen LogP contribution >= 0.6 is 12.2 Å². The molecule has 5 nitrogen and oxygen atoms in total. The number of anilines is 1. The van der Waals surface area contributed by atoms with Crippen LogP contribution in [0.25, 0.3) is 0 Å². The number of hydrogen-bond donors (Lipinski definition) is 2. The lowest BCUT2D eigenvalue weighted by molar-refractivity contribution is 0.199. The molecule has 1 aromatic carbocycles. The predicted molar refractivity (Wildman–Crippen MR) is 81.0 cm³/mol. The number of thiocarbonyl (C=S) groups is 1. The number of ether oxygens (including phenoxy) is 1. The Hall–Kier alpha value is -1.18. The molecule has 7 heteroatoms. The summed E-state index contributed by atoms with van der Waals surface area (Å²) in [5.74, 6) is -0.00838. The fraction of sp³-hybridized carbons (Fsp3) is 0.417. The molecule has 106 valence electrons. The number of benzene rings is 1. The Balaban J connectivity index is 2.93. The van der Waals surface area contributed by atoms with E-state index in [9.17, 15) is 8.42 Å². The van der Waals surface area contributed by atoms with Crippen molar-refractivity contribution in [3.05, 3.63) is 29.3 Å². The second kappa shape index (κ2) is 6.83. The summed E-state index contributed by atoms with van der Waals surface area (Å²) in [6.45, 7) is 2.23. The van der Waals surface area contributed by atoms with Crippen molar-refractivity contribution in [1.82, 2.24) is 0 Å². The van der Waals surface area contributed by atoms with E-state index in [1.165, 1.54) is 7.11 Å². The van der Waals surface area contributed by atoms with Crippen LogP contribution in [0.3, 0.4) is 0 Å². The average molecular weight is 302 g/mol. The molecule has 0 aliphatic rings. The summed E-state index contributed by atoms with van der Waals surface area (Å²) in [6.07, 6.45) is 0.431. The van der Waals surface area contributed by atoms with Crippen LogP contribution in [0.15, 0.2) is 18.2 Å². The Morgan fingerprint density at radius 1 is 1.47 bits per heavy atom. The molecule has 3 N–H and O–H groups in total. The second-order valence-electron chi connectivity index (χ2n) is 4.13. The molecule has 1 rings (SSSR count). The monoisotopic (exact) mass is 302 g/mol. The highest BCUT2D eigenvalue weighted by atomic mass is 32.2. The molecule has 0 heterocycles. The number of hydrogen-bond acceptors (Lipinski definition) is 4. The summed E-state index contributed by atoms with van der Waals surface area (Å²) >= 11 is 4.96. The minimum absolute atomic E-state index is 0.00838.